The van der Waals surface area contributed by atoms with Crippen LogP contribution in [0.15, 0.2) is 91.0 Å². The normalized spacial score (nSPS) is 13.3. The molecule has 192 valence electrons. The minimum Gasteiger partial charge on any atom is -0.741 e. The molecule has 0 amide bonds. The van der Waals surface area contributed by atoms with Crippen molar-refractivity contribution in [2.45, 2.75) is 38.1 Å². The molecule has 3 aromatic carbocycles. The van der Waals surface area contributed by atoms with E-state index in [1.165, 1.54) is 57.7 Å². The molecule has 0 saturated carbocycles. The van der Waals surface area contributed by atoms with Gasteiger partial charge in [-0.25, -0.2) is 8.42 Å². The number of nitrogens with zero attached hydrogens (tertiary/aromatic N) is 1. The maximum absolute atomic E-state index is 10.7. The third kappa shape index (κ3) is 6.09. The number of aromatic nitrogens is 1. The Morgan fingerprint density at radius 2 is 1.30 bits per heavy atom. The Morgan fingerprint density at radius 1 is 0.784 bits per heavy atom. The van der Waals surface area contributed by atoms with Crippen molar-refractivity contribution in [2.24, 2.45) is 0 Å². The number of rotatable bonds is 3. The summed E-state index contributed by atoms with van der Waals surface area (Å²) in [5.41, 5.74) is 5.14. The van der Waals surface area contributed by atoms with Gasteiger partial charge in [0.1, 0.15) is 0 Å². The van der Waals surface area contributed by atoms with E-state index in [9.17, 15) is 13.2 Å². The molecule has 0 bridgehead atoms. The van der Waals surface area contributed by atoms with E-state index in [-0.39, 0.29) is 0 Å². The molecule has 4 nitrogen and oxygen atoms in total. The SMILES string of the molecule is Cc1ccc(-[n+]2c(-c3ccccc3)cc(-c3ccccc3)c3c2CCCC3)cc1.O=S(=O)([O-])C(F)(F)F. The Hall–Kier alpha value is -3.49. The van der Waals surface area contributed by atoms with Crippen molar-refractivity contribution in [3.8, 4) is 28.1 Å². The van der Waals surface area contributed by atoms with E-state index in [1.54, 1.807) is 0 Å². The molecule has 8 heteroatoms. The standard InChI is InChI=1S/C28H26N.CHF3O3S/c1-21-16-18-24(19-17-21)29-27-15-9-8-14-25(27)26(22-10-4-2-5-11-22)20-28(29)23-12-6-3-7-13-23;2-1(3,4)8(5,6)7/h2-7,10-13,16-20H,8-9,14-15H2,1H3;(H,5,6,7)/q+1;/p-1. The topological polar surface area (TPSA) is 61.1 Å². The lowest BCUT2D eigenvalue weighted by Gasteiger charge is -2.20. The molecule has 1 aliphatic rings. The third-order valence-corrected chi connectivity index (χ3v) is 6.85. The van der Waals surface area contributed by atoms with Crippen molar-refractivity contribution in [3.63, 3.8) is 0 Å². The van der Waals surface area contributed by atoms with Gasteiger partial charge in [0.05, 0.1) is 0 Å². The van der Waals surface area contributed by atoms with Gasteiger partial charge in [0.25, 0.3) is 0 Å². The average molecular weight is 526 g/mol. The lowest BCUT2D eigenvalue weighted by Crippen LogP contribution is -2.41. The van der Waals surface area contributed by atoms with Crippen LogP contribution >= 0.6 is 0 Å². The van der Waals surface area contributed by atoms with Crippen LogP contribution in [0.2, 0.25) is 0 Å². The smallest absolute Gasteiger partial charge is 0.485 e. The van der Waals surface area contributed by atoms with Gasteiger partial charge in [-0.2, -0.15) is 17.7 Å². The van der Waals surface area contributed by atoms with Gasteiger partial charge < -0.3 is 4.55 Å². The van der Waals surface area contributed by atoms with Gasteiger partial charge in [-0.3, -0.25) is 0 Å². The molecular weight excluding hydrogens is 499 g/mol. The van der Waals surface area contributed by atoms with Crippen LogP contribution < -0.4 is 4.57 Å². The molecule has 1 heterocycles. The largest absolute Gasteiger partial charge is 0.741 e. The van der Waals surface area contributed by atoms with Crippen molar-refractivity contribution in [1.29, 1.82) is 0 Å². The van der Waals surface area contributed by atoms with Crippen LogP contribution in [0.4, 0.5) is 13.2 Å². The Labute approximate surface area is 214 Å². The molecule has 0 saturated heterocycles. The highest BCUT2D eigenvalue weighted by atomic mass is 32.2. The quantitative estimate of drug-likeness (QED) is 0.173. The van der Waals surface area contributed by atoms with E-state index in [2.05, 4.69) is 102 Å². The number of aryl methyl sites for hydroxylation is 1. The molecule has 0 unspecified atom stereocenters. The van der Waals surface area contributed by atoms with E-state index >= 15 is 0 Å². The summed E-state index contributed by atoms with van der Waals surface area (Å²) >= 11 is 0. The zero-order valence-electron chi connectivity index (χ0n) is 20.2. The molecule has 0 radical (unpaired) electrons. The van der Waals surface area contributed by atoms with Crippen LogP contribution in [0.3, 0.4) is 0 Å². The van der Waals surface area contributed by atoms with Crippen molar-refractivity contribution in [3.05, 3.63) is 108 Å². The van der Waals surface area contributed by atoms with Crippen LogP contribution in [0.5, 0.6) is 0 Å². The number of fused-ring (bicyclic) bond motifs is 1. The molecule has 0 N–H and O–H groups in total. The Kier molecular flexibility index (Phi) is 7.80. The van der Waals surface area contributed by atoms with Crippen LogP contribution in [-0.4, -0.2) is 18.5 Å². The van der Waals surface area contributed by atoms with Crippen LogP contribution in [0, 0.1) is 6.92 Å². The maximum Gasteiger partial charge on any atom is 0.485 e. The first-order chi connectivity index (χ1) is 17.6. The molecule has 1 aliphatic carbocycles. The van der Waals surface area contributed by atoms with Crippen molar-refractivity contribution < 1.29 is 30.7 Å². The first-order valence-electron chi connectivity index (χ1n) is 11.9. The second-order valence-electron chi connectivity index (χ2n) is 8.88. The average Bonchev–Trinajstić information content (AvgIpc) is 2.88. The fourth-order valence-electron chi connectivity index (χ4n) is 4.55. The van der Waals surface area contributed by atoms with Crippen LogP contribution in [0.25, 0.3) is 28.1 Å². The Morgan fingerprint density at radius 3 is 1.84 bits per heavy atom. The lowest BCUT2D eigenvalue weighted by atomic mass is 9.87. The summed E-state index contributed by atoms with van der Waals surface area (Å²) in [7, 11) is -6.09. The predicted octanol–water partition coefficient (Wildman–Crippen LogP) is 6.54. The number of alkyl halides is 3. The minimum absolute atomic E-state index is 1.13. The van der Waals surface area contributed by atoms with Crippen LogP contribution in [0.1, 0.15) is 29.7 Å². The highest BCUT2D eigenvalue weighted by Crippen LogP contribution is 2.34. The zero-order valence-corrected chi connectivity index (χ0v) is 21.0. The summed E-state index contributed by atoms with van der Waals surface area (Å²) < 4.78 is 61.4. The highest BCUT2D eigenvalue weighted by Gasteiger charge is 2.37. The molecule has 5 rings (SSSR count). The van der Waals surface area contributed by atoms with E-state index in [1.807, 2.05) is 0 Å². The fraction of sp³-hybridized carbons (Fsp3) is 0.207. The first kappa shape index (κ1) is 26.6. The first-order valence-corrected chi connectivity index (χ1v) is 13.3. The summed E-state index contributed by atoms with van der Waals surface area (Å²) in [6.07, 6.45) is 4.81. The van der Waals surface area contributed by atoms with Crippen molar-refractivity contribution >= 4 is 10.1 Å². The van der Waals surface area contributed by atoms with Gasteiger partial charge in [-0.05, 0) is 49.4 Å². The molecule has 0 spiro atoms. The molecule has 1 aromatic heterocycles. The molecule has 0 atom stereocenters. The summed E-state index contributed by atoms with van der Waals surface area (Å²) in [4.78, 5) is 0. The lowest BCUT2D eigenvalue weighted by molar-refractivity contribution is -0.593. The number of pyridine rings is 1. The third-order valence-electron chi connectivity index (χ3n) is 6.29. The van der Waals surface area contributed by atoms with E-state index < -0.39 is 15.6 Å². The highest BCUT2D eigenvalue weighted by molar-refractivity contribution is 7.86. The predicted molar refractivity (Wildman–Crippen MR) is 136 cm³/mol. The number of halogens is 3. The van der Waals surface area contributed by atoms with Gasteiger partial charge in [0.2, 0.25) is 11.4 Å². The maximum atomic E-state index is 10.7. The zero-order chi connectivity index (χ0) is 26.6. The minimum atomic E-state index is -6.09. The monoisotopic (exact) mass is 525 g/mol. The molecule has 0 aliphatic heterocycles. The summed E-state index contributed by atoms with van der Waals surface area (Å²) in [5, 5.41) is 0. The second-order valence-corrected chi connectivity index (χ2v) is 10.2. The fourth-order valence-corrected chi connectivity index (χ4v) is 4.55. The van der Waals surface area contributed by atoms with Gasteiger partial charge >= 0.3 is 5.51 Å². The van der Waals surface area contributed by atoms with Gasteiger partial charge in [0, 0.05) is 35.7 Å². The van der Waals surface area contributed by atoms with E-state index in [0.29, 0.717) is 0 Å². The number of benzene rings is 3. The summed E-state index contributed by atoms with van der Waals surface area (Å²) in [6.45, 7) is 2.15. The molecule has 4 aromatic rings. The van der Waals surface area contributed by atoms with Crippen molar-refractivity contribution in [1.82, 2.24) is 0 Å². The van der Waals surface area contributed by atoms with E-state index in [0.717, 1.165) is 12.8 Å². The van der Waals surface area contributed by atoms with Crippen molar-refractivity contribution in [2.75, 3.05) is 0 Å². The Bertz CT molecular complexity index is 1470. The summed E-state index contributed by atoms with van der Waals surface area (Å²) in [6, 6.07) is 33.1. The molecular formula is C29H26F3NO3S. The second kappa shape index (κ2) is 10.9. The van der Waals surface area contributed by atoms with Gasteiger partial charge in [0.15, 0.2) is 15.8 Å². The summed E-state index contributed by atoms with van der Waals surface area (Å²) in [5.74, 6) is 0. The number of hydrogen-bond acceptors (Lipinski definition) is 3. The Balaban J connectivity index is 0.000000349. The van der Waals surface area contributed by atoms with Gasteiger partial charge in [-0.15, -0.1) is 0 Å². The molecule has 0 fully saturated rings. The van der Waals surface area contributed by atoms with Crippen LogP contribution in [-0.2, 0) is 23.0 Å². The van der Waals surface area contributed by atoms with Gasteiger partial charge in [-0.1, -0.05) is 66.2 Å². The van der Waals surface area contributed by atoms with E-state index in [4.69, 9.17) is 13.0 Å². The molecule has 37 heavy (non-hydrogen) atoms. The number of hydrogen-bond donors (Lipinski definition) is 0.